The molecular weight excluding hydrogens is 319 g/mol. The Morgan fingerprint density at radius 3 is 2.92 bits per heavy atom. The quantitative estimate of drug-likeness (QED) is 0.820. The summed E-state index contributed by atoms with van der Waals surface area (Å²) in [6, 6.07) is 4.02. The maximum atomic E-state index is 12.2. The van der Waals surface area contributed by atoms with Gasteiger partial charge in [-0.1, -0.05) is 0 Å². The van der Waals surface area contributed by atoms with Crippen LogP contribution in [-0.4, -0.2) is 24.7 Å². The lowest BCUT2D eigenvalue weighted by Crippen LogP contribution is -2.33. The maximum absolute atomic E-state index is 12.2. The Labute approximate surface area is 139 Å². The molecule has 0 bridgehead atoms. The number of amidine groups is 1. The van der Waals surface area contributed by atoms with Crippen molar-refractivity contribution in [3.8, 4) is 5.75 Å². The SMILES string of the molecule is C[C@H]1Oc2cc3c(cc2N=C1N)[C@@H](NCCCC(F)(F)F)CCC3. The van der Waals surface area contributed by atoms with Crippen molar-refractivity contribution in [2.45, 2.75) is 57.3 Å². The summed E-state index contributed by atoms with van der Waals surface area (Å²) in [6.45, 7) is 2.20. The van der Waals surface area contributed by atoms with Gasteiger partial charge in [-0.15, -0.1) is 0 Å². The molecule has 1 aromatic carbocycles. The molecule has 2 atom stereocenters. The third-order valence-electron chi connectivity index (χ3n) is 4.53. The molecule has 0 spiro atoms. The highest BCUT2D eigenvalue weighted by atomic mass is 19.4. The van der Waals surface area contributed by atoms with Crippen LogP contribution >= 0.6 is 0 Å². The molecule has 0 saturated carbocycles. The summed E-state index contributed by atoms with van der Waals surface area (Å²) in [5.74, 6) is 1.17. The van der Waals surface area contributed by atoms with Crippen molar-refractivity contribution in [3.63, 3.8) is 0 Å². The van der Waals surface area contributed by atoms with Crippen molar-refractivity contribution in [3.05, 3.63) is 23.3 Å². The number of halogens is 3. The number of nitrogens with one attached hydrogen (secondary N) is 1. The van der Waals surface area contributed by atoms with Crippen molar-refractivity contribution in [2.24, 2.45) is 10.7 Å². The largest absolute Gasteiger partial charge is 0.481 e. The summed E-state index contributed by atoms with van der Waals surface area (Å²) in [6.07, 6.45) is -2.14. The Bertz CT molecular complexity index is 643. The fourth-order valence-corrected chi connectivity index (χ4v) is 3.26. The van der Waals surface area contributed by atoms with Gasteiger partial charge < -0.3 is 15.8 Å². The Balaban J connectivity index is 1.73. The van der Waals surface area contributed by atoms with E-state index in [1.54, 1.807) is 0 Å². The van der Waals surface area contributed by atoms with Gasteiger partial charge in [0, 0.05) is 12.5 Å². The molecule has 1 aliphatic heterocycles. The number of rotatable bonds is 4. The second kappa shape index (κ2) is 6.63. The molecule has 132 valence electrons. The van der Waals surface area contributed by atoms with Gasteiger partial charge in [0.2, 0.25) is 0 Å². The van der Waals surface area contributed by atoms with Gasteiger partial charge in [-0.3, -0.25) is 0 Å². The van der Waals surface area contributed by atoms with E-state index in [9.17, 15) is 13.2 Å². The van der Waals surface area contributed by atoms with Crippen LogP contribution in [-0.2, 0) is 6.42 Å². The zero-order valence-electron chi connectivity index (χ0n) is 13.6. The summed E-state index contributed by atoms with van der Waals surface area (Å²) in [5, 5.41) is 3.26. The van der Waals surface area contributed by atoms with E-state index in [1.807, 2.05) is 19.1 Å². The number of alkyl halides is 3. The van der Waals surface area contributed by atoms with Crippen LogP contribution in [0.4, 0.5) is 18.9 Å². The van der Waals surface area contributed by atoms with Crippen LogP contribution in [0.3, 0.4) is 0 Å². The van der Waals surface area contributed by atoms with Crippen molar-refractivity contribution in [1.82, 2.24) is 5.32 Å². The van der Waals surface area contributed by atoms with Gasteiger partial charge in [0.15, 0.2) is 6.10 Å². The van der Waals surface area contributed by atoms with Crippen LogP contribution in [0.25, 0.3) is 0 Å². The number of benzene rings is 1. The number of aryl methyl sites for hydroxylation is 1. The van der Waals surface area contributed by atoms with Crippen LogP contribution in [0.2, 0.25) is 0 Å². The average Bonchev–Trinajstić information content (AvgIpc) is 2.50. The van der Waals surface area contributed by atoms with E-state index in [0.29, 0.717) is 18.1 Å². The average molecular weight is 341 g/mol. The Kier molecular flexibility index (Phi) is 4.71. The summed E-state index contributed by atoms with van der Waals surface area (Å²) in [5.41, 5.74) is 8.82. The fourth-order valence-electron chi connectivity index (χ4n) is 3.26. The van der Waals surface area contributed by atoms with E-state index in [4.69, 9.17) is 10.5 Å². The highest BCUT2D eigenvalue weighted by Crippen LogP contribution is 2.40. The number of fused-ring (bicyclic) bond motifs is 2. The predicted octanol–water partition coefficient (Wildman–Crippen LogP) is 3.77. The third kappa shape index (κ3) is 3.83. The van der Waals surface area contributed by atoms with E-state index in [0.717, 1.165) is 30.6 Å². The monoisotopic (exact) mass is 341 g/mol. The molecule has 0 unspecified atom stereocenters. The normalized spacial score (nSPS) is 23.1. The minimum Gasteiger partial charge on any atom is -0.481 e. The predicted molar refractivity (Wildman–Crippen MR) is 86.8 cm³/mol. The Morgan fingerprint density at radius 2 is 2.17 bits per heavy atom. The number of aliphatic imine (C=N–C) groups is 1. The zero-order valence-corrected chi connectivity index (χ0v) is 13.6. The van der Waals surface area contributed by atoms with Gasteiger partial charge in [0.05, 0.1) is 0 Å². The molecule has 0 radical (unpaired) electrons. The van der Waals surface area contributed by atoms with Crippen molar-refractivity contribution in [2.75, 3.05) is 6.54 Å². The first-order valence-electron chi connectivity index (χ1n) is 8.31. The molecule has 0 saturated heterocycles. The highest BCUT2D eigenvalue weighted by Gasteiger charge is 2.28. The van der Waals surface area contributed by atoms with Crippen molar-refractivity contribution in [1.29, 1.82) is 0 Å². The number of ether oxygens (including phenoxy) is 1. The lowest BCUT2D eigenvalue weighted by molar-refractivity contribution is -0.135. The molecule has 2 aliphatic rings. The van der Waals surface area contributed by atoms with E-state index in [-0.39, 0.29) is 18.6 Å². The topological polar surface area (TPSA) is 59.6 Å². The minimum absolute atomic E-state index is 0.0584. The lowest BCUT2D eigenvalue weighted by atomic mass is 9.86. The number of nitrogens with two attached hydrogens (primary N) is 1. The minimum atomic E-state index is -4.09. The lowest BCUT2D eigenvalue weighted by Gasteiger charge is -2.29. The van der Waals surface area contributed by atoms with Crippen molar-refractivity contribution < 1.29 is 17.9 Å². The molecule has 4 nitrogen and oxygen atoms in total. The Morgan fingerprint density at radius 1 is 1.38 bits per heavy atom. The van der Waals surface area contributed by atoms with Gasteiger partial charge in [0.25, 0.3) is 0 Å². The van der Waals surface area contributed by atoms with Crippen LogP contribution in [0.5, 0.6) is 5.75 Å². The van der Waals surface area contributed by atoms with E-state index >= 15 is 0 Å². The first-order chi connectivity index (χ1) is 11.3. The van der Waals surface area contributed by atoms with Crippen LogP contribution in [0.1, 0.15) is 49.8 Å². The van der Waals surface area contributed by atoms with Crippen LogP contribution in [0.15, 0.2) is 17.1 Å². The second-order valence-electron chi connectivity index (χ2n) is 6.43. The number of nitrogens with zero attached hydrogens (tertiary/aromatic N) is 1. The number of hydrogen-bond donors (Lipinski definition) is 2. The summed E-state index contributed by atoms with van der Waals surface area (Å²) < 4.78 is 42.5. The van der Waals surface area contributed by atoms with Gasteiger partial charge in [-0.05, 0) is 62.4 Å². The van der Waals surface area contributed by atoms with Gasteiger partial charge in [-0.25, -0.2) is 4.99 Å². The van der Waals surface area contributed by atoms with E-state index in [2.05, 4.69) is 10.3 Å². The first-order valence-corrected chi connectivity index (χ1v) is 8.31. The second-order valence-corrected chi connectivity index (χ2v) is 6.43. The Hall–Kier alpha value is -1.76. The molecule has 24 heavy (non-hydrogen) atoms. The molecule has 0 aromatic heterocycles. The molecule has 3 rings (SSSR count). The molecule has 1 heterocycles. The first kappa shape index (κ1) is 17.1. The standard InChI is InChI=1S/C17H22F3N3O/c1-10-16(21)23-14-9-12-11(8-15(14)24-10)4-2-5-13(12)22-7-3-6-17(18,19)20/h8-10,13,22H,2-7H2,1H3,(H2,21,23)/t10-,13+/m1/s1. The molecule has 1 aliphatic carbocycles. The summed E-state index contributed by atoms with van der Waals surface area (Å²) in [7, 11) is 0. The van der Waals surface area contributed by atoms with Gasteiger partial charge in [-0.2, -0.15) is 13.2 Å². The number of hydrogen-bond acceptors (Lipinski definition) is 4. The van der Waals surface area contributed by atoms with Crippen molar-refractivity contribution >= 4 is 11.5 Å². The van der Waals surface area contributed by atoms with Crippen LogP contribution < -0.4 is 15.8 Å². The summed E-state index contributed by atoms with van der Waals surface area (Å²) in [4.78, 5) is 4.39. The molecule has 3 N–H and O–H groups in total. The molecular formula is C17H22F3N3O. The fraction of sp³-hybridized carbons (Fsp3) is 0.588. The smallest absolute Gasteiger partial charge is 0.389 e. The molecule has 0 fully saturated rings. The maximum Gasteiger partial charge on any atom is 0.389 e. The highest BCUT2D eigenvalue weighted by molar-refractivity contribution is 5.90. The molecule has 7 heteroatoms. The summed E-state index contributed by atoms with van der Waals surface area (Å²) >= 11 is 0. The molecule has 0 amide bonds. The van der Waals surface area contributed by atoms with Crippen LogP contribution in [0, 0.1) is 0 Å². The molecule has 1 aromatic rings. The zero-order chi connectivity index (χ0) is 17.3. The van der Waals surface area contributed by atoms with E-state index in [1.165, 1.54) is 5.56 Å². The van der Waals surface area contributed by atoms with E-state index < -0.39 is 12.6 Å². The third-order valence-corrected chi connectivity index (χ3v) is 4.53. The van der Waals surface area contributed by atoms with Gasteiger partial charge in [0.1, 0.15) is 17.3 Å². The van der Waals surface area contributed by atoms with Gasteiger partial charge >= 0.3 is 6.18 Å².